The first-order valence-electron chi connectivity index (χ1n) is 10.4. The summed E-state index contributed by atoms with van der Waals surface area (Å²) in [6.07, 6.45) is -0.741. The Morgan fingerprint density at radius 2 is 1.97 bits per heavy atom. The molecule has 1 N–H and O–H groups in total. The summed E-state index contributed by atoms with van der Waals surface area (Å²) in [6, 6.07) is 18.1. The summed E-state index contributed by atoms with van der Waals surface area (Å²) in [5.41, 5.74) is 2.99. The number of fused-ring (bicyclic) bond motifs is 3. The molecule has 2 amide bonds. The van der Waals surface area contributed by atoms with Crippen LogP contribution in [0.1, 0.15) is 18.2 Å². The predicted octanol–water partition coefficient (Wildman–Crippen LogP) is 5.23. The van der Waals surface area contributed by atoms with E-state index < -0.39 is 12.2 Å². The average Bonchev–Trinajstić information content (AvgIpc) is 3.46. The second-order valence-electron chi connectivity index (χ2n) is 7.70. The number of carbonyl (C=O) groups excluding carboxylic acids is 2. The minimum Gasteiger partial charge on any atom is -0.444 e. The topological polar surface area (TPSA) is 63.6 Å². The molecular weight excluding hydrogens is 410 g/mol. The molecule has 1 aliphatic rings. The van der Waals surface area contributed by atoms with E-state index in [0.717, 1.165) is 27.7 Å². The van der Waals surface area contributed by atoms with Gasteiger partial charge in [-0.1, -0.05) is 24.3 Å². The summed E-state index contributed by atoms with van der Waals surface area (Å²) in [5.74, 6) is 0.0139. The lowest BCUT2D eigenvalue weighted by Crippen LogP contribution is -2.27. The lowest BCUT2D eigenvalue weighted by atomic mass is 10.1. The molecule has 2 aromatic carbocycles. The molecule has 0 spiro atoms. The summed E-state index contributed by atoms with van der Waals surface area (Å²) in [5, 5.41) is 7.07. The van der Waals surface area contributed by atoms with Crippen molar-refractivity contribution in [2.45, 2.75) is 32.5 Å². The van der Waals surface area contributed by atoms with Crippen molar-refractivity contribution >= 4 is 50.8 Å². The fourth-order valence-corrected chi connectivity index (χ4v) is 5.05. The normalized spacial score (nSPS) is 16.4. The highest BCUT2D eigenvalue weighted by atomic mass is 32.1. The molecule has 5 rings (SSSR count). The van der Waals surface area contributed by atoms with Gasteiger partial charge in [-0.05, 0) is 42.6 Å². The van der Waals surface area contributed by atoms with Crippen LogP contribution in [0.5, 0.6) is 0 Å². The van der Waals surface area contributed by atoms with Gasteiger partial charge in [-0.3, -0.25) is 10.1 Å². The van der Waals surface area contributed by atoms with Crippen LogP contribution in [-0.4, -0.2) is 34.1 Å². The van der Waals surface area contributed by atoms with Crippen molar-refractivity contribution in [1.82, 2.24) is 9.47 Å². The monoisotopic (exact) mass is 433 g/mol. The molecule has 4 aromatic rings. The van der Waals surface area contributed by atoms with E-state index in [9.17, 15) is 9.59 Å². The molecule has 0 saturated carbocycles. The molecule has 31 heavy (non-hydrogen) atoms. The maximum atomic E-state index is 12.5. The fourth-order valence-electron chi connectivity index (χ4n) is 4.33. The number of para-hydroxylation sites is 1. The zero-order valence-corrected chi connectivity index (χ0v) is 18.0. The van der Waals surface area contributed by atoms with Crippen LogP contribution in [0.4, 0.5) is 10.5 Å². The van der Waals surface area contributed by atoms with Gasteiger partial charge in [-0.2, -0.15) is 0 Å². The lowest BCUT2D eigenvalue weighted by molar-refractivity contribution is -0.128. The number of rotatable bonds is 5. The Bertz CT molecular complexity index is 1260. The third-order valence-corrected chi connectivity index (χ3v) is 6.58. The summed E-state index contributed by atoms with van der Waals surface area (Å²) < 4.78 is 7.81. The Labute approximate surface area is 184 Å². The summed E-state index contributed by atoms with van der Waals surface area (Å²) in [4.78, 5) is 27.6. The van der Waals surface area contributed by atoms with Crippen molar-refractivity contribution in [2.24, 2.45) is 0 Å². The first kappa shape index (κ1) is 19.6. The van der Waals surface area contributed by atoms with Crippen molar-refractivity contribution < 1.29 is 14.3 Å². The number of thiophene rings is 1. The molecule has 0 aliphatic carbocycles. The van der Waals surface area contributed by atoms with Gasteiger partial charge in [0.1, 0.15) is 6.10 Å². The lowest BCUT2D eigenvalue weighted by Gasteiger charge is -2.16. The Morgan fingerprint density at radius 1 is 1.13 bits per heavy atom. The number of hydrogen-bond acceptors (Lipinski definition) is 4. The number of nitrogens with zero attached hydrogens (tertiary/aromatic N) is 2. The summed E-state index contributed by atoms with van der Waals surface area (Å²) >= 11 is 1.62. The standard InChI is InChI=1S/C24H23N3O3S/c1-2-27-21-8-4-3-7-19(21)20-12-16(9-10-22(20)27)25-24(29)30-17-13-23(28)26(14-17)15-18-6-5-11-31-18/h3-12,17H,2,13-15H2,1H3,(H,25,29). The van der Waals surface area contributed by atoms with E-state index in [4.69, 9.17) is 4.74 Å². The maximum Gasteiger partial charge on any atom is 0.411 e. The second-order valence-corrected chi connectivity index (χ2v) is 8.74. The minimum atomic E-state index is -0.533. The van der Waals surface area contributed by atoms with Crippen molar-refractivity contribution in [2.75, 3.05) is 11.9 Å². The Balaban J connectivity index is 1.28. The Morgan fingerprint density at radius 3 is 2.77 bits per heavy atom. The van der Waals surface area contributed by atoms with E-state index in [0.29, 0.717) is 18.8 Å². The zero-order chi connectivity index (χ0) is 21.4. The molecule has 1 unspecified atom stereocenters. The molecule has 1 aliphatic heterocycles. The molecule has 2 aromatic heterocycles. The fraction of sp³-hybridized carbons (Fsp3) is 0.250. The number of ether oxygens (including phenoxy) is 1. The first-order chi connectivity index (χ1) is 15.1. The van der Waals surface area contributed by atoms with Crippen molar-refractivity contribution in [3.05, 3.63) is 64.9 Å². The quantitative estimate of drug-likeness (QED) is 0.469. The van der Waals surface area contributed by atoms with Gasteiger partial charge in [0.05, 0.1) is 19.5 Å². The van der Waals surface area contributed by atoms with Gasteiger partial charge in [0.25, 0.3) is 0 Å². The molecule has 1 saturated heterocycles. The maximum absolute atomic E-state index is 12.5. The van der Waals surface area contributed by atoms with Crippen LogP contribution in [0.3, 0.4) is 0 Å². The van der Waals surface area contributed by atoms with E-state index in [1.54, 1.807) is 16.2 Å². The molecule has 7 heteroatoms. The number of likely N-dealkylation sites (tertiary alicyclic amines) is 1. The van der Waals surface area contributed by atoms with Gasteiger partial charge in [-0.25, -0.2) is 4.79 Å². The van der Waals surface area contributed by atoms with Gasteiger partial charge in [-0.15, -0.1) is 11.3 Å². The van der Waals surface area contributed by atoms with Crippen LogP contribution in [0, 0.1) is 0 Å². The highest BCUT2D eigenvalue weighted by Crippen LogP contribution is 2.31. The highest BCUT2D eigenvalue weighted by molar-refractivity contribution is 7.09. The second kappa shape index (κ2) is 8.07. The van der Waals surface area contributed by atoms with Crippen molar-refractivity contribution in [3.63, 3.8) is 0 Å². The van der Waals surface area contributed by atoms with E-state index >= 15 is 0 Å². The number of aromatic nitrogens is 1. The minimum absolute atomic E-state index is 0.0139. The van der Waals surface area contributed by atoms with E-state index in [1.807, 2.05) is 47.8 Å². The number of amides is 2. The van der Waals surface area contributed by atoms with Crippen LogP contribution in [0.25, 0.3) is 21.8 Å². The predicted molar refractivity (Wildman–Crippen MR) is 123 cm³/mol. The smallest absolute Gasteiger partial charge is 0.411 e. The molecule has 1 atom stereocenters. The van der Waals surface area contributed by atoms with Crippen LogP contribution < -0.4 is 5.32 Å². The number of carbonyl (C=O) groups is 2. The SMILES string of the molecule is CCn1c2ccccc2c2cc(NC(=O)OC3CC(=O)N(Cc4cccs4)C3)ccc21. The zero-order valence-electron chi connectivity index (χ0n) is 17.2. The van der Waals surface area contributed by atoms with Crippen LogP contribution in [-0.2, 0) is 22.6 Å². The van der Waals surface area contributed by atoms with E-state index in [2.05, 4.69) is 28.9 Å². The molecule has 6 nitrogen and oxygen atoms in total. The Hall–Kier alpha value is -3.32. The third kappa shape index (κ3) is 3.77. The van der Waals surface area contributed by atoms with Gasteiger partial charge in [0.2, 0.25) is 5.91 Å². The van der Waals surface area contributed by atoms with Crippen LogP contribution in [0.2, 0.25) is 0 Å². The van der Waals surface area contributed by atoms with Crippen LogP contribution >= 0.6 is 11.3 Å². The average molecular weight is 434 g/mol. The number of aryl methyl sites for hydroxylation is 1. The van der Waals surface area contributed by atoms with Gasteiger partial charge in [0.15, 0.2) is 0 Å². The third-order valence-electron chi connectivity index (χ3n) is 5.71. The Kier molecular flexibility index (Phi) is 5.11. The number of anilines is 1. The van der Waals surface area contributed by atoms with Crippen LogP contribution in [0.15, 0.2) is 60.0 Å². The summed E-state index contributed by atoms with van der Waals surface area (Å²) in [7, 11) is 0. The number of hydrogen-bond donors (Lipinski definition) is 1. The molecular formula is C24H23N3O3S. The van der Waals surface area contributed by atoms with Gasteiger partial charge in [0, 0.05) is 38.9 Å². The molecule has 0 radical (unpaired) electrons. The molecule has 3 heterocycles. The van der Waals surface area contributed by atoms with E-state index in [-0.39, 0.29) is 12.3 Å². The van der Waals surface area contributed by atoms with E-state index in [1.165, 1.54) is 5.52 Å². The number of nitrogens with one attached hydrogen (secondary N) is 1. The van der Waals surface area contributed by atoms with Crippen molar-refractivity contribution in [3.8, 4) is 0 Å². The first-order valence-corrected chi connectivity index (χ1v) is 11.3. The van der Waals surface area contributed by atoms with Gasteiger partial charge < -0.3 is 14.2 Å². The van der Waals surface area contributed by atoms with Crippen molar-refractivity contribution in [1.29, 1.82) is 0 Å². The summed E-state index contributed by atoms with van der Waals surface area (Å²) in [6.45, 7) is 3.99. The number of benzene rings is 2. The largest absolute Gasteiger partial charge is 0.444 e. The highest BCUT2D eigenvalue weighted by Gasteiger charge is 2.32. The molecule has 158 valence electrons. The molecule has 0 bridgehead atoms. The van der Waals surface area contributed by atoms with Gasteiger partial charge >= 0.3 is 6.09 Å². The molecule has 1 fully saturated rings.